The van der Waals surface area contributed by atoms with E-state index in [1.165, 1.54) is 6.08 Å². The van der Waals surface area contributed by atoms with Gasteiger partial charge in [0.25, 0.3) is 11.6 Å². The van der Waals surface area contributed by atoms with Crippen LogP contribution in [0.5, 0.6) is 5.75 Å². The monoisotopic (exact) mass is 545 g/mol. The Hall–Kier alpha value is -3.38. The number of carbonyl (C=O) groups excluding carboxylic acids is 1. The second kappa shape index (κ2) is 11.0. The third-order valence-electron chi connectivity index (χ3n) is 4.33. The molecule has 1 N–H and O–H groups in total. The Morgan fingerprint density at radius 2 is 1.82 bits per heavy atom. The van der Waals surface area contributed by atoms with E-state index in [0.29, 0.717) is 17.9 Å². The van der Waals surface area contributed by atoms with Crippen LogP contribution in [-0.2, 0) is 11.4 Å². The van der Waals surface area contributed by atoms with Crippen molar-refractivity contribution in [3.8, 4) is 11.8 Å². The first-order valence-corrected chi connectivity index (χ1v) is 10.9. The lowest BCUT2D eigenvalue weighted by Crippen LogP contribution is -2.14. The smallest absolute Gasteiger partial charge is 0.272 e. The van der Waals surface area contributed by atoms with Crippen molar-refractivity contribution >= 4 is 62.5 Å². The molecule has 0 heterocycles. The number of anilines is 1. The quantitative estimate of drug-likeness (QED) is 0.152. The van der Waals surface area contributed by atoms with Gasteiger partial charge in [0.05, 0.1) is 20.7 Å². The first kappa shape index (κ1) is 24.3. The van der Waals surface area contributed by atoms with E-state index in [0.717, 1.165) is 22.2 Å². The van der Waals surface area contributed by atoms with Gasteiger partial charge in [0, 0.05) is 16.6 Å². The van der Waals surface area contributed by atoms with Gasteiger partial charge in [-0.3, -0.25) is 14.9 Å². The van der Waals surface area contributed by atoms with Crippen molar-refractivity contribution in [2.75, 3.05) is 5.32 Å². The first-order chi connectivity index (χ1) is 15.8. The number of nitro benzene ring substituents is 1. The number of hydrogen-bond acceptors (Lipinski definition) is 5. The number of amides is 1. The van der Waals surface area contributed by atoms with Crippen LogP contribution in [-0.4, -0.2) is 10.8 Å². The van der Waals surface area contributed by atoms with E-state index < -0.39 is 10.8 Å². The zero-order valence-electron chi connectivity index (χ0n) is 16.7. The Morgan fingerprint density at radius 1 is 1.15 bits per heavy atom. The molecular weight excluding hydrogens is 533 g/mol. The van der Waals surface area contributed by atoms with E-state index in [1.54, 1.807) is 24.3 Å². The summed E-state index contributed by atoms with van der Waals surface area (Å²) in [6.07, 6.45) is 1.38. The highest BCUT2D eigenvalue weighted by Gasteiger charge is 2.18. The number of halogens is 3. The first-order valence-electron chi connectivity index (χ1n) is 9.30. The van der Waals surface area contributed by atoms with Crippen molar-refractivity contribution in [2.45, 2.75) is 6.61 Å². The standard InChI is InChI=1S/C23H14BrCl2N3O4/c24-17-6-4-14(5-7-17)13-33-19-3-1-2-15(9-19)8-16(12-27)23(30)28-22-20(25)10-18(29(31)32)11-21(22)26/h1-11H,13H2,(H,28,30)/b16-8+. The van der Waals surface area contributed by atoms with Gasteiger partial charge in [-0.2, -0.15) is 5.26 Å². The predicted molar refractivity (Wildman–Crippen MR) is 130 cm³/mol. The second-order valence-corrected chi connectivity index (χ2v) is 8.38. The highest BCUT2D eigenvalue weighted by molar-refractivity contribution is 9.10. The fraction of sp³-hybridized carbons (Fsp3) is 0.0435. The maximum atomic E-state index is 12.6. The molecule has 0 radical (unpaired) electrons. The summed E-state index contributed by atoms with van der Waals surface area (Å²) < 4.78 is 6.76. The zero-order chi connectivity index (χ0) is 24.0. The van der Waals surface area contributed by atoms with Crippen LogP contribution in [0.3, 0.4) is 0 Å². The summed E-state index contributed by atoms with van der Waals surface area (Å²) in [5.41, 5.74) is 0.982. The van der Waals surface area contributed by atoms with Crippen LogP contribution in [0.25, 0.3) is 6.08 Å². The van der Waals surface area contributed by atoms with Gasteiger partial charge in [0.2, 0.25) is 0 Å². The molecule has 0 unspecified atom stereocenters. The van der Waals surface area contributed by atoms with Gasteiger partial charge in [-0.05, 0) is 41.5 Å². The number of carbonyl (C=O) groups is 1. The average molecular weight is 547 g/mol. The summed E-state index contributed by atoms with van der Waals surface area (Å²) in [7, 11) is 0. The van der Waals surface area contributed by atoms with Crippen LogP contribution in [0.4, 0.5) is 11.4 Å². The van der Waals surface area contributed by atoms with Crippen LogP contribution < -0.4 is 10.1 Å². The van der Waals surface area contributed by atoms with Crippen LogP contribution in [0.15, 0.2) is 70.7 Å². The van der Waals surface area contributed by atoms with Crippen molar-refractivity contribution in [3.05, 3.63) is 102 Å². The van der Waals surface area contributed by atoms with Crippen LogP contribution in [0, 0.1) is 21.4 Å². The summed E-state index contributed by atoms with van der Waals surface area (Å²) in [5, 5.41) is 22.6. The number of nitriles is 1. The SMILES string of the molecule is N#C/C(=C\c1cccc(OCc2ccc(Br)cc2)c1)C(=O)Nc1c(Cl)cc([N+](=O)[O-])cc1Cl. The molecule has 3 aromatic rings. The summed E-state index contributed by atoms with van der Waals surface area (Å²) in [6, 6.07) is 18.5. The van der Waals surface area contributed by atoms with E-state index >= 15 is 0 Å². The normalized spacial score (nSPS) is 10.9. The van der Waals surface area contributed by atoms with Gasteiger partial charge in [0.1, 0.15) is 24.0 Å². The molecule has 0 atom stereocenters. The average Bonchev–Trinajstić information content (AvgIpc) is 2.79. The number of nitrogens with one attached hydrogen (secondary N) is 1. The number of ether oxygens (including phenoxy) is 1. The Morgan fingerprint density at radius 3 is 2.42 bits per heavy atom. The van der Waals surface area contributed by atoms with Crippen LogP contribution >= 0.6 is 39.1 Å². The third-order valence-corrected chi connectivity index (χ3v) is 5.45. The van der Waals surface area contributed by atoms with Crippen molar-refractivity contribution < 1.29 is 14.5 Å². The summed E-state index contributed by atoms with van der Waals surface area (Å²) in [6.45, 7) is 0.350. The summed E-state index contributed by atoms with van der Waals surface area (Å²) >= 11 is 15.4. The molecule has 3 aromatic carbocycles. The highest BCUT2D eigenvalue weighted by atomic mass is 79.9. The molecule has 1 amide bonds. The van der Waals surface area contributed by atoms with E-state index in [9.17, 15) is 20.2 Å². The Bertz CT molecular complexity index is 1260. The van der Waals surface area contributed by atoms with Crippen LogP contribution in [0.1, 0.15) is 11.1 Å². The lowest BCUT2D eigenvalue weighted by Gasteiger charge is -2.09. The van der Waals surface area contributed by atoms with Crippen molar-refractivity contribution in [1.82, 2.24) is 0 Å². The number of nitro groups is 1. The number of nitrogens with zero attached hydrogens (tertiary/aromatic N) is 2. The Kier molecular flexibility index (Phi) is 8.06. The molecule has 0 aromatic heterocycles. The van der Waals surface area contributed by atoms with Crippen molar-refractivity contribution in [3.63, 3.8) is 0 Å². The van der Waals surface area contributed by atoms with E-state index in [-0.39, 0.29) is 27.0 Å². The molecule has 0 aliphatic heterocycles. The van der Waals surface area contributed by atoms with Gasteiger partial charge in [-0.15, -0.1) is 0 Å². The molecule has 166 valence electrons. The van der Waals surface area contributed by atoms with Gasteiger partial charge >= 0.3 is 0 Å². The predicted octanol–water partition coefficient (Wildman–Crippen LogP) is 6.79. The number of benzene rings is 3. The molecule has 0 fully saturated rings. The van der Waals surface area contributed by atoms with Gasteiger partial charge in [0.15, 0.2) is 0 Å². The molecule has 0 spiro atoms. The van der Waals surface area contributed by atoms with E-state index in [2.05, 4.69) is 21.2 Å². The molecule has 3 rings (SSSR count). The van der Waals surface area contributed by atoms with Crippen LogP contribution in [0.2, 0.25) is 10.0 Å². The van der Waals surface area contributed by atoms with Crippen molar-refractivity contribution in [1.29, 1.82) is 5.26 Å². The van der Waals surface area contributed by atoms with Crippen molar-refractivity contribution in [2.24, 2.45) is 0 Å². The molecule has 10 heteroatoms. The molecule has 0 bridgehead atoms. The van der Waals surface area contributed by atoms with Gasteiger partial charge in [-0.25, -0.2) is 0 Å². The third kappa shape index (κ3) is 6.56. The Balaban J connectivity index is 1.76. The molecule has 7 nitrogen and oxygen atoms in total. The second-order valence-electron chi connectivity index (χ2n) is 6.65. The van der Waals surface area contributed by atoms with E-state index in [4.69, 9.17) is 27.9 Å². The molecular formula is C23H14BrCl2N3O4. The molecule has 0 saturated carbocycles. The fourth-order valence-corrected chi connectivity index (χ4v) is 3.56. The highest BCUT2D eigenvalue weighted by Crippen LogP contribution is 2.35. The number of rotatable bonds is 7. The minimum Gasteiger partial charge on any atom is -0.489 e. The lowest BCUT2D eigenvalue weighted by molar-refractivity contribution is -0.384. The fourth-order valence-electron chi connectivity index (χ4n) is 2.72. The molecule has 0 saturated heterocycles. The summed E-state index contributed by atoms with van der Waals surface area (Å²) in [5.74, 6) is -0.206. The van der Waals surface area contributed by atoms with Gasteiger partial charge < -0.3 is 10.1 Å². The minimum atomic E-state index is -0.767. The molecule has 33 heavy (non-hydrogen) atoms. The maximum Gasteiger partial charge on any atom is 0.272 e. The number of non-ortho nitro benzene ring substituents is 1. The van der Waals surface area contributed by atoms with Gasteiger partial charge in [-0.1, -0.05) is 63.4 Å². The summed E-state index contributed by atoms with van der Waals surface area (Å²) in [4.78, 5) is 22.9. The van der Waals surface area contributed by atoms with E-state index in [1.807, 2.05) is 30.3 Å². The molecule has 0 aliphatic rings. The lowest BCUT2D eigenvalue weighted by atomic mass is 10.1. The Labute approximate surface area is 207 Å². The zero-order valence-corrected chi connectivity index (χ0v) is 19.8. The minimum absolute atomic E-state index is 0.0262. The largest absolute Gasteiger partial charge is 0.489 e. The topological polar surface area (TPSA) is 105 Å². The number of hydrogen-bond donors (Lipinski definition) is 1. The molecule has 0 aliphatic carbocycles. The maximum absolute atomic E-state index is 12.6.